The largest absolute Gasteiger partial charge is 0.308 e. The summed E-state index contributed by atoms with van der Waals surface area (Å²) in [7, 11) is 3.97. The molecule has 33 heavy (non-hydrogen) atoms. The number of thiazole rings is 1. The molecule has 7 heteroatoms. The first-order valence-electron chi connectivity index (χ1n) is 10.6. The molecule has 1 heterocycles. The van der Waals surface area contributed by atoms with E-state index < -0.39 is 0 Å². The van der Waals surface area contributed by atoms with E-state index in [1.54, 1.807) is 53.1 Å². The van der Waals surface area contributed by atoms with Gasteiger partial charge in [0.1, 0.15) is 0 Å². The lowest BCUT2D eigenvalue weighted by atomic mass is 10.0. The van der Waals surface area contributed by atoms with Gasteiger partial charge in [-0.25, -0.2) is 4.98 Å². The van der Waals surface area contributed by atoms with E-state index in [0.717, 1.165) is 15.1 Å². The van der Waals surface area contributed by atoms with Crippen LogP contribution >= 0.6 is 23.1 Å². The van der Waals surface area contributed by atoms with Gasteiger partial charge in [0, 0.05) is 34.7 Å². The maximum atomic E-state index is 13.5. The predicted octanol–water partition coefficient (Wildman–Crippen LogP) is 5.46. The van der Waals surface area contributed by atoms with Gasteiger partial charge in [-0.3, -0.25) is 14.5 Å². The number of aromatic nitrogens is 1. The Hall–Kier alpha value is -3.00. The van der Waals surface area contributed by atoms with Gasteiger partial charge in [-0.05, 0) is 44.6 Å². The third-order valence-corrected chi connectivity index (χ3v) is 7.08. The summed E-state index contributed by atoms with van der Waals surface area (Å²) in [6, 6.07) is 22.1. The SMILES string of the molecule is CSc1cccc2sc(N(CCN(C)C)C(=O)c3ccc(C(=O)c4ccccc4)cc3)nc12. The number of amides is 1. The van der Waals surface area contributed by atoms with Crippen molar-refractivity contribution in [3.63, 3.8) is 0 Å². The van der Waals surface area contributed by atoms with Crippen LogP contribution in [0.1, 0.15) is 26.3 Å². The highest BCUT2D eigenvalue weighted by Crippen LogP contribution is 2.34. The van der Waals surface area contributed by atoms with Crippen molar-refractivity contribution >= 4 is 50.1 Å². The number of carbonyl (C=O) groups is 2. The number of nitrogens with zero attached hydrogens (tertiary/aromatic N) is 3. The average molecular weight is 476 g/mol. The van der Waals surface area contributed by atoms with Crippen LogP contribution in [0.2, 0.25) is 0 Å². The minimum Gasteiger partial charge on any atom is -0.308 e. The summed E-state index contributed by atoms with van der Waals surface area (Å²) in [5.41, 5.74) is 2.64. The smallest absolute Gasteiger partial charge is 0.260 e. The van der Waals surface area contributed by atoms with E-state index >= 15 is 0 Å². The minimum atomic E-state index is -0.125. The molecule has 0 saturated carbocycles. The Kier molecular flexibility index (Phi) is 7.23. The molecule has 0 bridgehead atoms. The molecule has 0 N–H and O–H groups in total. The summed E-state index contributed by atoms with van der Waals surface area (Å²) >= 11 is 3.17. The second-order valence-electron chi connectivity index (χ2n) is 7.84. The Morgan fingerprint density at radius 2 is 1.52 bits per heavy atom. The minimum absolute atomic E-state index is 0.0603. The number of benzene rings is 3. The fourth-order valence-electron chi connectivity index (χ4n) is 3.45. The van der Waals surface area contributed by atoms with Crippen LogP contribution in [0.5, 0.6) is 0 Å². The van der Waals surface area contributed by atoms with Crippen LogP contribution in [0.3, 0.4) is 0 Å². The van der Waals surface area contributed by atoms with Crippen LogP contribution in [0.15, 0.2) is 77.7 Å². The fraction of sp³-hybridized carbons (Fsp3) is 0.192. The predicted molar refractivity (Wildman–Crippen MR) is 138 cm³/mol. The zero-order valence-corrected chi connectivity index (χ0v) is 20.5. The van der Waals surface area contributed by atoms with Crippen molar-refractivity contribution in [1.29, 1.82) is 0 Å². The third-order valence-electron chi connectivity index (χ3n) is 5.27. The van der Waals surface area contributed by atoms with Gasteiger partial charge in [0.2, 0.25) is 0 Å². The molecule has 0 saturated heterocycles. The van der Waals surface area contributed by atoms with Crippen LogP contribution in [0.25, 0.3) is 10.2 Å². The van der Waals surface area contributed by atoms with E-state index in [2.05, 4.69) is 0 Å². The van der Waals surface area contributed by atoms with Crippen molar-refractivity contribution in [1.82, 2.24) is 9.88 Å². The zero-order chi connectivity index (χ0) is 23.4. The van der Waals surface area contributed by atoms with E-state index in [1.807, 2.05) is 61.6 Å². The van der Waals surface area contributed by atoms with E-state index in [0.29, 0.717) is 34.9 Å². The maximum absolute atomic E-state index is 13.5. The Morgan fingerprint density at radius 3 is 2.18 bits per heavy atom. The molecule has 168 valence electrons. The van der Waals surface area contributed by atoms with E-state index in [9.17, 15) is 9.59 Å². The molecule has 5 nitrogen and oxygen atoms in total. The fourth-order valence-corrected chi connectivity index (χ4v) is 5.10. The van der Waals surface area contributed by atoms with Crippen LogP contribution in [0, 0.1) is 0 Å². The van der Waals surface area contributed by atoms with Crippen molar-refractivity contribution in [3.05, 3.63) is 89.5 Å². The van der Waals surface area contributed by atoms with Gasteiger partial charge in [-0.1, -0.05) is 59.9 Å². The van der Waals surface area contributed by atoms with Gasteiger partial charge in [-0.2, -0.15) is 0 Å². The number of likely N-dealkylation sites (N-methyl/N-ethyl adjacent to an activating group) is 1. The summed E-state index contributed by atoms with van der Waals surface area (Å²) in [5.74, 6) is -0.185. The number of hydrogen-bond acceptors (Lipinski definition) is 6. The molecule has 0 aliphatic carbocycles. The third kappa shape index (κ3) is 5.16. The van der Waals surface area contributed by atoms with Gasteiger partial charge in [-0.15, -0.1) is 11.8 Å². The molecule has 0 fully saturated rings. The Balaban J connectivity index is 1.64. The van der Waals surface area contributed by atoms with Crippen molar-refractivity contribution in [2.24, 2.45) is 0 Å². The summed E-state index contributed by atoms with van der Waals surface area (Å²) in [6.07, 6.45) is 2.03. The highest BCUT2D eigenvalue weighted by molar-refractivity contribution is 7.98. The topological polar surface area (TPSA) is 53.5 Å². The molecule has 1 amide bonds. The van der Waals surface area contributed by atoms with E-state index in [4.69, 9.17) is 4.98 Å². The van der Waals surface area contributed by atoms with Gasteiger partial charge < -0.3 is 4.90 Å². The van der Waals surface area contributed by atoms with Gasteiger partial charge in [0.15, 0.2) is 10.9 Å². The highest BCUT2D eigenvalue weighted by Gasteiger charge is 2.22. The Labute approximate surface area is 202 Å². The van der Waals surface area contributed by atoms with Gasteiger partial charge in [0.25, 0.3) is 5.91 Å². The molecule has 1 aromatic heterocycles. The van der Waals surface area contributed by atoms with Gasteiger partial charge in [0.05, 0.1) is 10.2 Å². The van der Waals surface area contributed by atoms with Crippen molar-refractivity contribution in [2.45, 2.75) is 4.90 Å². The average Bonchev–Trinajstić information content (AvgIpc) is 3.28. The maximum Gasteiger partial charge on any atom is 0.260 e. The number of carbonyl (C=O) groups excluding carboxylic acids is 2. The lowest BCUT2D eigenvalue weighted by molar-refractivity contribution is 0.0982. The first-order valence-corrected chi connectivity index (χ1v) is 12.6. The molecular formula is C26H25N3O2S2. The van der Waals surface area contributed by atoms with Gasteiger partial charge >= 0.3 is 0 Å². The molecule has 0 radical (unpaired) electrons. The summed E-state index contributed by atoms with van der Waals surface area (Å²) < 4.78 is 1.06. The van der Waals surface area contributed by atoms with Crippen LogP contribution < -0.4 is 4.90 Å². The Bertz CT molecular complexity index is 1270. The molecule has 4 rings (SSSR count). The second kappa shape index (κ2) is 10.3. The van der Waals surface area contributed by atoms with Crippen molar-refractivity contribution in [3.8, 4) is 0 Å². The number of hydrogen-bond donors (Lipinski definition) is 0. The monoisotopic (exact) mass is 475 g/mol. The van der Waals surface area contributed by atoms with Crippen molar-refractivity contribution < 1.29 is 9.59 Å². The molecule has 0 atom stereocenters. The zero-order valence-electron chi connectivity index (χ0n) is 18.8. The summed E-state index contributed by atoms with van der Waals surface area (Å²) in [5, 5.41) is 0.683. The van der Waals surface area contributed by atoms with E-state index in [-0.39, 0.29) is 11.7 Å². The first-order chi connectivity index (χ1) is 16.0. The molecule has 0 unspecified atom stereocenters. The number of anilines is 1. The molecule has 0 aliphatic rings. The van der Waals surface area contributed by atoms with Crippen LogP contribution in [-0.4, -0.2) is 55.0 Å². The molecule has 4 aromatic rings. The molecule has 0 aliphatic heterocycles. The number of ketones is 1. The lowest BCUT2D eigenvalue weighted by Crippen LogP contribution is -2.36. The standard InChI is InChI=1S/C26H25N3O2S2/c1-28(2)16-17-29(26-27-23-21(32-3)10-7-11-22(23)33-26)25(31)20-14-12-19(13-15-20)24(30)18-8-5-4-6-9-18/h4-15H,16-17H2,1-3H3. The number of para-hydroxylation sites is 1. The van der Waals surface area contributed by atoms with Crippen LogP contribution in [-0.2, 0) is 0 Å². The molecule has 0 spiro atoms. The second-order valence-corrected chi connectivity index (χ2v) is 9.69. The van der Waals surface area contributed by atoms with E-state index in [1.165, 1.54) is 11.3 Å². The highest BCUT2D eigenvalue weighted by atomic mass is 32.2. The lowest BCUT2D eigenvalue weighted by Gasteiger charge is -2.22. The quantitative estimate of drug-likeness (QED) is 0.250. The molecule has 3 aromatic carbocycles. The summed E-state index contributed by atoms with van der Waals surface area (Å²) in [4.78, 5) is 35.9. The number of rotatable bonds is 8. The summed E-state index contributed by atoms with van der Waals surface area (Å²) in [6.45, 7) is 1.23. The first kappa shape index (κ1) is 23.2. The number of thioether (sulfide) groups is 1. The van der Waals surface area contributed by atoms with Crippen LogP contribution in [0.4, 0.5) is 5.13 Å². The van der Waals surface area contributed by atoms with Crippen molar-refractivity contribution in [2.75, 3.05) is 38.3 Å². The molecular weight excluding hydrogens is 450 g/mol. The Morgan fingerprint density at radius 1 is 0.848 bits per heavy atom. The number of fused-ring (bicyclic) bond motifs is 1. The normalized spacial score (nSPS) is 11.2.